The van der Waals surface area contributed by atoms with E-state index in [2.05, 4.69) is 10.1 Å². The van der Waals surface area contributed by atoms with Crippen LogP contribution in [0.25, 0.3) is 17.1 Å². The van der Waals surface area contributed by atoms with Crippen LogP contribution in [0.1, 0.15) is 19.2 Å². The van der Waals surface area contributed by atoms with Crippen LogP contribution in [0.2, 0.25) is 0 Å². The maximum absolute atomic E-state index is 13.2. The van der Waals surface area contributed by atoms with Crippen LogP contribution in [-0.2, 0) is 16.2 Å². The molecule has 11 heteroatoms. The van der Waals surface area contributed by atoms with Crippen LogP contribution in [0.5, 0.6) is 5.75 Å². The number of alkyl halides is 3. The van der Waals surface area contributed by atoms with Crippen molar-refractivity contribution >= 4 is 15.7 Å². The third kappa shape index (κ3) is 3.67. The van der Waals surface area contributed by atoms with Gasteiger partial charge in [-0.15, -0.1) is 5.10 Å². The Kier molecular flexibility index (Phi) is 4.84. The molecular weight excluding hydrogens is 397 g/mol. The number of sulfonamides is 1. The first kappa shape index (κ1) is 20.1. The summed E-state index contributed by atoms with van der Waals surface area (Å²) in [6, 6.07) is 6.29. The second-order valence-corrected chi connectivity index (χ2v) is 8.44. The van der Waals surface area contributed by atoms with Crippen molar-refractivity contribution in [2.75, 3.05) is 7.11 Å². The summed E-state index contributed by atoms with van der Waals surface area (Å²) in [5, 5.41) is 8.82. The average Bonchev–Trinajstić information content (AvgIpc) is 3.07. The number of ether oxygens (including phenoxy) is 1. The quantitative estimate of drug-likeness (QED) is 0.829. The van der Waals surface area contributed by atoms with Gasteiger partial charge < -0.3 is 4.74 Å². The van der Waals surface area contributed by atoms with E-state index >= 15 is 0 Å². The molecule has 0 saturated heterocycles. The van der Waals surface area contributed by atoms with E-state index in [9.17, 15) is 21.6 Å². The summed E-state index contributed by atoms with van der Waals surface area (Å²) in [5.74, 6) is -0.802. The minimum absolute atomic E-state index is 0.0130. The average molecular weight is 414 g/mol. The number of allylic oxidation sites excluding steroid dienone is 3. The molecule has 3 rings (SSSR count). The van der Waals surface area contributed by atoms with Crippen LogP contribution >= 0.6 is 0 Å². The lowest BCUT2D eigenvalue weighted by Crippen LogP contribution is -2.39. The second-order valence-electron chi connectivity index (χ2n) is 6.42. The predicted octanol–water partition coefficient (Wildman–Crippen LogP) is 2.82. The van der Waals surface area contributed by atoms with Crippen LogP contribution in [0.4, 0.5) is 13.2 Å². The number of nitrogens with two attached hydrogens (primary N) is 1. The van der Waals surface area contributed by atoms with Gasteiger partial charge in [0.05, 0.1) is 12.8 Å². The first-order chi connectivity index (χ1) is 12.9. The van der Waals surface area contributed by atoms with Crippen molar-refractivity contribution in [2.24, 2.45) is 5.14 Å². The topological polar surface area (TPSA) is 100 Å². The Balaban J connectivity index is 2.08. The van der Waals surface area contributed by atoms with Crippen molar-refractivity contribution in [3.05, 3.63) is 48.3 Å². The van der Waals surface area contributed by atoms with Gasteiger partial charge in [0.25, 0.3) is 5.82 Å². The van der Waals surface area contributed by atoms with Crippen molar-refractivity contribution in [1.82, 2.24) is 14.8 Å². The van der Waals surface area contributed by atoms with E-state index in [1.165, 1.54) is 32.3 Å². The van der Waals surface area contributed by atoms with Crippen LogP contribution < -0.4 is 9.88 Å². The normalized spacial score (nSPS) is 20.1. The summed E-state index contributed by atoms with van der Waals surface area (Å²) in [6.07, 6.45) is -0.575. The van der Waals surface area contributed by atoms with Gasteiger partial charge in [0.15, 0.2) is 5.82 Å². The zero-order valence-electron chi connectivity index (χ0n) is 14.9. The summed E-state index contributed by atoms with van der Waals surface area (Å²) in [6.45, 7) is 1.43. The third-order valence-electron chi connectivity index (χ3n) is 4.43. The van der Waals surface area contributed by atoms with Gasteiger partial charge in [-0.25, -0.2) is 23.2 Å². The van der Waals surface area contributed by atoms with E-state index in [0.29, 0.717) is 11.3 Å². The fourth-order valence-corrected chi connectivity index (χ4v) is 3.19. The second kappa shape index (κ2) is 6.74. The van der Waals surface area contributed by atoms with Crippen LogP contribution in [0, 0.1) is 0 Å². The molecule has 1 aliphatic carbocycles. The van der Waals surface area contributed by atoms with E-state index in [0.717, 1.165) is 4.68 Å². The molecule has 7 nitrogen and oxygen atoms in total. The van der Waals surface area contributed by atoms with Gasteiger partial charge in [-0.2, -0.15) is 13.2 Å². The molecular formula is C17H17F3N4O3S. The summed E-state index contributed by atoms with van der Waals surface area (Å²) in [7, 11) is -2.42. The fourth-order valence-electron chi connectivity index (χ4n) is 2.61. The Bertz CT molecular complexity index is 1060. The summed E-state index contributed by atoms with van der Waals surface area (Å²) in [4.78, 5) is 3.64. The van der Waals surface area contributed by atoms with Gasteiger partial charge in [-0.1, -0.05) is 12.2 Å². The van der Waals surface area contributed by atoms with E-state index in [4.69, 9.17) is 9.88 Å². The van der Waals surface area contributed by atoms with Crippen molar-refractivity contribution in [2.45, 2.75) is 24.3 Å². The number of rotatable bonds is 4. The zero-order valence-corrected chi connectivity index (χ0v) is 15.8. The molecule has 1 aromatic heterocycles. The Morgan fingerprint density at radius 1 is 1.25 bits per heavy atom. The molecule has 1 heterocycles. The molecule has 0 amide bonds. The first-order valence-electron chi connectivity index (χ1n) is 8.05. The van der Waals surface area contributed by atoms with Crippen molar-refractivity contribution < 1.29 is 26.3 Å². The largest absolute Gasteiger partial charge is 0.497 e. The molecule has 0 aliphatic heterocycles. The number of benzene rings is 1. The van der Waals surface area contributed by atoms with Crippen LogP contribution in [0.3, 0.4) is 0 Å². The van der Waals surface area contributed by atoms with E-state index in [1.54, 1.807) is 24.3 Å². The molecule has 0 saturated carbocycles. The van der Waals surface area contributed by atoms with Crippen LogP contribution in [0.15, 0.2) is 42.5 Å². The highest BCUT2D eigenvalue weighted by Crippen LogP contribution is 2.34. The minimum atomic E-state index is -4.74. The monoisotopic (exact) mass is 414 g/mol. The van der Waals surface area contributed by atoms with Gasteiger partial charge in [-0.05, 0) is 43.7 Å². The molecule has 0 bridgehead atoms. The number of hydrogen-bond donors (Lipinski definition) is 1. The molecule has 0 fully saturated rings. The smallest absolute Gasteiger partial charge is 0.453 e. The van der Waals surface area contributed by atoms with Gasteiger partial charge in [0.2, 0.25) is 10.0 Å². The molecule has 1 atom stereocenters. The lowest BCUT2D eigenvalue weighted by Gasteiger charge is -2.25. The SMILES string of the molecule is COc1ccc(-c2nc(C(F)(F)F)nn2C2=CCC(C)(S(N)(=O)=O)C=C2)cc1. The first-order valence-corrected chi connectivity index (χ1v) is 9.60. The molecule has 1 aliphatic rings. The molecule has 0 radical (unpaired) electrons. The van der Waals surface area contributed by atoms with Crippen LogP contribution in [-0.4, -0.2) is 35.0 Å². The van der Waals surface area contributed by atoms with Crippen molar-refractivity contribution in [3.8, 4) is 17.1 Å². The molecule has 28 heavy (non-hydrogen) atoms. The molecule has 2 aromatic rings. The molecule has 1 unspecified atom stereocenters. The Hall–Kier alpha value is -2.66. The Labute approximate surface area is 159 Å². The van der Waals surface area contributed by atoms with Crippen molar-refractivity contribution in [1.29, 1.82) is 0 Å². The third-order valence-corrected chi connectivity index (χ3v) is 6.03. The number of methoxy groups -OCH3 is 1. The van der Waals surface area contributed by atoms with Gasteiger partial charge in [0, 0.05) is 5.56 Å². The predicted molar refractivity (Wildman–Crippen MR) is 96.6 cm³/mol. The maximum atomic E-state index is 13.2. The molecule has 2 N–H and O–H groups in total. The lowest BCUT2D eigenvalue weighted by molar-refractivity contribution is -0.144. The molecule has 150 valence electrons. The number of nitrogens with zero attached hydrogens (tertiary/aromatic N) is 3. The molecule has 0 spiro atoms. The number of aromatic nitrogens is 3. The fraction of sp³-hybridized carbons (Fsp3) is 0.294. The van der Waals surface area contributed by atoms with Crippen molar-refractivity contribution in [3.63, 3.8) is 0 Å². The highest BCUT2D eigenvalue weighted by molar-refractivity contribution is 7.90. The minimum Gasteiger partial charge on any atom is -0.497 e. The van der Waals surface area contributed by atoms with E-state index in [-0.39, 0.29) is 17.9 Å². The van der Waals surface area contributed by atoms with Gasteiger partial charge in [-0.3, -0.25) is 0 Å². The van der Waals surface area contributed by atoms with E-state index < -0.39 is 26.8 Å². The van der Waals surface area contributed by atoms with Gasteiger partial charge in [0.1, 0.15) is 10.5 Å². The lowest BCUT2D eigenvalue weighted by atomic mass is 10.0. The number of primary sulfonamides is 1. The standard InChI is InChI=1S/C17H17F3N4O3S/c1-16(28(21,25)26)9-7-12(8-10-16)24-14(22-15(23-24)17(18,19)20)11-3-5-13(27-2)6-4-11/h3-9H,10H2,1-2H3,(H2,21,25,26). The van der Waals surface area contributed by atoms with Gasteiger partial charge >= 0.3 is 6.18 Å². The summed E-state index contributed by atoms with van der Waals surface area (Å²) >= 11 is 0. The maximum Gasteiger partial charge on any atom is 0.453 e. The number of halogens is 3. The Morgan fingerprint density at radius 3 is 2.36 bits per heavy atom. The summed E-state index contributed by atoms with van der Waals surface area (Å²) < 4.78 is 67.7. The summed E-state index contributed by atoms with van der Waals surface area (Å²) in [5.41, 5.74) is 0.646. The molecule has 1 aromatic carbocycles. The van der Waals surface area contributed by atoms with E-state index in [1.807, 2.05) is 0 Å². The highest BCUT2D eigenvalue weighted by Gasteiger charge is 2.39. The number of hydrogen-bond acceptors (Lipinski definition) is 5. The Morgan fingerprint density at radius 2 is 1.89 bits per heavy atom. The highest BCUT2D eigenvalue weighted by atomic mass is 32.2. The zero-order chi connectivity index (χ0) is 20.7.